The molecule has 0 bridgehead atoms. The van der Waals surface area contributed by atoms with E-state index in [1.54, 1.807) is 12.1 Å². The summed E-state index contributed by atoms with van der Waals surface area (Å²) in [4.78, 5) is 22.0. The molecule has 0 spiro atoms. The largest absolute Gasteiger partial charge is 0.480 e. The van der Waals surface area contributed by atoms with E-state index in [-0.39, 0.29) is 0 Å². The van der Waals surface area contributed by atoms with Crippen LogP contribution < -0.4 is 0 Å². The Morgan fingerprint density at radius 3 is 2.20 bits per heavy atom. The van der Waals surface area contributed by atoms with Gasteiger partial charge in [-0.05, 0) is 18.6 Å². The second-order valence-electron chi connectivity index (χ2n) is 2.94. The molecule has 0 amide bonds. The fourth-order valence-electron chi connectivity index (χ4n) is 1.02. The van der Waals surface area contributed by atoms with Crippen LogP contribution in [0.1, 0.15) is 5.56 Å². The number of aliphatic carboxylic acids is 2. The van der Waals surface area contributed by atoms with Gasteiger partial charge in [-0.25, -0.2) is 0 Å². The molecule has 1 rings (SSSR count). The maximum atomic E-state index is 10.7. The average Bonchev–Trinajstić information content (AvgIpc) is 2.15. The van der Waals surface area contributed by atoms with Crippen molar-refractivity contribution >= 4 is 23.7 Å². The topological polar surface area (TPSA) is 74.6 Å². The van der Waals surface area contributed by atoms with Gasteiger partial charge in [0.1, 0.15) is 0 Å². The number of thioether (sulfide) groups is 1. The molecule has 5 heteroatoms. The molecule has 4 nitrogen and oxygen atoms in total. The summed E-state index contributed by atoms with van der Waals surface area (Å²) in [6.07, 6.45) is 0. The highest BCUT2D eigenvalue weighted by Crippen LogP contribution is 2.26. The molecule has 15 heavy (non-hydrogen) atoms. The minimum atomic E-state index is -1.45. The van der Waals surface area contributed by atoms with E-state index in [1.807, 2.05) is 19.1 Å². The number of benzene rings is 1. The predicted octanol–water partition coefficient (Wildman–Crippen LogP) is 1.62. The van der Waals surface area contributed by atoms with Gasteiger partial charge in [-0.1, -0.05) is 30.0 Å². The molecule has 2 N–H and O–H groups in total. The Labute approximate surface area is 90.9 Å². The van der Waals surface area contributed by atoms with Gasteiger partial charge in [0.05, 0.1) is 0 Å². The summed E-state index contributed by atoms with van der Waals surface area (Å²) in [5, 5.41) is 15.9. The highest BCUT2D eigenvalue weighted by molar-refractivity contribution is 8.01. The highest BCUT2D eigenvalue weighted by atomic mass is 32.2. The molecule has 0 aliphatic heterocycles. The van der Waals surface area contributed by atoms with Crippen LogP contribution in [0.15, 0.2) is 29.2 Å². The molecular formula is C10H10O4S. The first-order valence-corrected chi connectivity index (χ1v) is 5.08. The summed E-state index contributed by atoms with van der Waals surface area (Å²) in [7, 11) is 0. The van der Waals surface area contributed by atoms with Crippen LogP contribution in [0.2, 0.25) is 0 Å². The van der Waals surface area contributed by atoms with Gasteiger partial charge in [0.15, 0.2) is 0 Å². The number of hydrogen-bond acceptors (Lipinski definition) is 3. The number of carboxylic acids is 2. The molecule has 0 aliphatic carbocycles. The molecule has 0 fully saturated rings. The summed E-state index contributed by atoms with van der Waals surface area (Å²) >= 11 is 0.832. The second kappa shape index (κ2) is 4.84. The van der Waals surface area contributed by atoms with Crippen molar-refractivity contribution in [3.8, 4) is 0 Å². The molecule has 0 radical (unpaired) electrons. The van der Waals surface area contributed by atoms with Crippen molar-refractivity contribution in [2.24, 2.45) is 0 Å². The van der Waals surface area contributed by atoms with Crippen LogP contribution in [0.5, 0.6) is 0 Å². The van der Waals surface area contributed by atoms with Gasteiger partial charge in [0.25, 0.3) is 0 Å². The summed E-state index contributed by atoms with van der Waals surface area (Å²) in [6, 6.07) is 7.08. The van der Waals surface area contributed by atoms with Gasteiger partial charge in [0, 0.05) is 4.90 Å². The summed E-state index contributed by atoms with van der Waals surface area (Å²) in [5.74, 6) is -2.67. The molecule has 0 aliphatic rings. The fourth-order valence-corrected chi connectivity index (χ4v) is 1.89. The summed E-state index contributed by atoms with van der Waals surface area (Å²) < 4.78 is 0. The molecule has 1 aromatic carbocycles. The Morgan fingerprint density at radius 1 is 1.20 bits per heavy atom. The van der Waals surface area contributed by atoms with Gasteiger partial charge >= 0.3 is 11.9 Å². The van der Waals surface area contributed by atoms with Crippen molar-refractivity contribution in [3.05, 3.63) is 29.8 Å². The van der Waals surface area contributed by atoms with Crippen LogP contribution in [-0.2, 0) is 9.59 Å². The highest BCUT2D eigenvalue weighted by Gasteiger charge is 2.27. The van der Waals surface area contributed by atoms with E-state index in [2.05, 4.69) is 0 Å². The standard InChI is InChI=1S/C10H10O4S/c1-6-4-2-3-5-7(6)15-8(9(11)12)10(13)14/h2-5,8H,1H3,(H,11,12)(H,13,14). The van der Waals surface area contributed by atoms with E-state index in [0.29, 0.717) is 4.90 Å². The third-order valence-corrected chi connectivity index (χ3v) is 3.14. The Balaban J connectivity index is 2.88. The van der Waals surface area contributed by atoms with Crippen LogP contribution in [0.25, 0.3) is 0 Å². The molecule has 0 saturated heterocycles. The first-order chi connectivity index (χ1) is 7.02. The number of aryl methyl sites for hydroxylation is 1. The Morgan fingerprint density at radius 2 is 1.73 bits per heavy atom. The minimum absolute atomic E-state index is 0.673. The zero-order chi connectivity index (χ0) is 11.4. The van der Waals surface area contributed by atoms with E-state index < -0.39 is 17.2 Å². The lowest BCUT2D eigenvalue weighted by molar-refractivity contribution is -0.146. The molecule has 0 aromatic heterocycles. The number of carboxylic acid groups (broad SMARTS) is 2. The van der Waals surface area contributed by atoms with Gasteiger partial charge in [-0.3, -0.25) is 9.59 Å². The van der Waals surface area contributed by atoms with E-state index in [4.69, 9.17) is 10.2 Å². The van der Waals surface area contributed by atoms with E-state index in [0.717, 1.165) is 17.3 Å². The third kappa shape index (κ3) is 2.99. The third-order valence-electron chi connectivity index (χ3n) is 1.79. The molecule has 0 unspecified atom stereocenters. The zero-order valence-corrected chi connectivity index (χ0v) is 8.82. The fraction of sp³-hybridized carbons (Fsp3) is 0.200. The van der Waals surface area contributed by atoms with Gasteiger partial charge in [-0.2, -0.15) is 0 Å². The Hall–Kier alpha value is -1.49. The minimum Gasteiger partial charge on any atom is -0.480 e. The van der Waals surface area contributed by atoms with Gasteiger partial charge in [0.2, 0.25) is 5.25 Å². The van der Waals surface area contributed by atoms with E-state index >= 15 is 0 Å². The molecular weight excluding hydrogens is 216 g/mol. The van der Waals surface area contributed by atoms with Crippen molar-refractivity contribution < 1.29 is 19.8 Å². The van der Waals surface area contributed by atoms with E-state index in [9.17, 15) is 9.59 Å². The smallest absolute Gasteiger partial charge is 0.328 e. The molecule has 1 aromatic rings. The lowest BCUT2D eigenvalue weighted by atomic mass is 10.2. The first-order valence-electron chi connectivity index (χ1n) is 4.20. The molecule has 80 valence electrons. The van der Waals surface area contributed by atoms with Crippen LogP contribution >= 0.6 is 11.8 Å². The van der Waals surface area contributed by atoms with E-state index in [1.165, 1.54) is 0 Å². The lowest BCUT2D eigenvalue weighted by Gasteiger charge is -2.08. The summed E-state index contributed by atoms with van der Waals surface area (Å²) in [6.45, 7) is 1.81. The van der Waals surface area contributed by atoms with Gasteiger partial charge < -0.3 is 10.2 Å². The van der Waals surface area contributed by atoms with Crippen molar-refractivity contribution in [3.63, 3.8) is 0 Å². The van der Waals surface area contributed by atoms with Crippen molar-refractivity contribution in [1.82, 2.24) is 0 Å². The Kier molecular flexibility index (Phi) is 3.74. The van der Waals surface area contributed by atoms with Crippen LogP contribution in [0, 0.1) is 6.92 Å². The number of hydrogen-bond donors (Lipinski definition) is 2. The zero-order valence-electron chi connectivity index (χ0n) is 8.01. The SMILES string of the molecule is Cc1ccccc1SC(C(=O)O)C(=O)O. The summed E-state index contributed by atoms with van der Waals surface area (Å²) in [5.41, 5.74) is 0.870. The van der Waals surface area contributed by atoms with Crippen LogP contribution in [-0.4, -0.2) is 27.4 Å². The maximum absolute atomic E-state index is 10.7. The first kappa shape index (κ1) is 11.6. The number of rotatable bonds is 4. The quantitative estimate of drug-likeness (QED) is 0.602. The van der Waals surface area contributed by atoms with Crippen molar-refractivity contribution in [2.75, 3.05) is 0 Å². The second-order valence-corrected chi connectivity index (χ2v) is 4.09. The lowest BCUT2D eigenvalue weighted by Crippen LogP contribution is -2.26. The predicted molar refractivity (Wildman–Crippen MR) is 56.1 cm³/mol. The van der Waals surface area contributed by atoms with Crippen molar-refractivity contribution in [1.29, 1.82) is 0 Å². The normalized spacial score (nSPS) is 10.3. The number of carbonyl (C=O) groups is 2. The van der Waals surface area contributed by atoms with Crippen LogP contribution in [0.3, 0.4) is 0 Å². The molecule has 0 atom stereocenters. The Bertz CT molecular complexity index is 375. The molecule has 0 saturated carbocycles. The van der Waals surface area contributed by atoms with Crippen molar-refractivity contribution in [2.45, 2.75) is 17.1 Å². The molecule has 0 heterocycles. The van der Waals surface area contributed by atoms with Gasteiger partial charge in [-0.15, -0.1) is 0 Å². The average molecular weight is 226 g/mol. The maximum Gasteiger partial charge on any atom is 0.328 e. The monoisotopic (exact) mass is 226 g/mol. The van der Waals surface area contributed by atoms with Crippen LogP contribution in [0.4, 0.5) is 0 Å².